The molecule has 98 valence electrons. The molecular formula is C12H14F3N3. The molecule has 2 rings (SSSR count). The third-order valence-electron chi connectivity index (χ3n) is 2.78. The summed E-state index contributed by atoms with van der Waals surface area (Å²) in [7, 11) is 0. The van der Waals surface area contributed by atoms with Crippen molar-refractivity contribution in [2.75, 3.05) is 5.73 Å². The summed E-state index contributed by atoms with van der Waals surface area (Å²) in [6.07, 6.45) is -4.92. The molecule has 18 heavy (non-hydrogen) atoms. The zero-order chi connectivity index (χ0) is 13.3. The van der Waals surface area contributed by atoms with E-state index in [-0.39, 0.29) is 18.9 Å². The number of anilines is 1. The molecule has 1 aromatic carbocycles. The van der Waals surface area contributed by atoms with Gasteiger partial charge in [-0.1, -0.05) is 6.07 Å². The Morgan fingerprint density at radius 1 is 1.33 bits per heavy atom. The Balaban J connectivity index is 2.22. The second-order valence-electron chi connectivity index (χ2n) is 4.33. The Kier molecular flexibility index (Phi) is 3.19. The van der Waals surface area contributed by atoms with Crippen LogP contribution in [0, 0.1) is 6.92 Å². The van der Waals surface area contributed by atoms with Crippen LogP contribution in [0.4, 0.5) is 19.1 Å². The number of alkyl halides is 3. The zero-order valence-electron chi connectivity index (χ0n) is 9.96. The minimum Gasteiger partial charge on any atom is -0.369 e. The number of nitrogens with zero attached hydrogens (tertiary/aromatic N) is 2. The minimum atomic E-state index is -4.12. The molecule has 3 nitrogen and oxygen atoms in total. The van der Waals surface area contributed by atoms with Crippen LogP contribution in [-0.2, 0) is 6.54 Å². The molecule has 0 saturated heterocycles. The van der Waals surface area contributed by atoms with Gasteiger partial charge in [-0.15, -0.1) is 0 Å². The predicted octanol–water partition coefficient (Wildman–Crippen LogP) is 3.27. The second-order valence-corrected chi connectivity index (χ2v) is 4.33. The summed E-state index contributed by atoms with van der Waals surface area (Å²) in [6.45, 7) is 2.15. The third-order valence-corrected chi connectivity index (χ3v) is 2.78. The highest BCUT2D eigenvalue weighted by Crippen LogP contribution is 2.24. The van der Waals surface area contributed by atoms with E-state index in [1.807, 2.05) is 25.1 Å². The van der Waals surface area contributed by atoms with Gasteiger partial charge in [0.1, 0.15) is 0 Å². The van der Waals surface area contributed by atoms with Crippen LogP contribution in [0.2, 0.25) is 0 Å². The molecule has 2 N–H and O–H groups in total. The minimum absolute atomic E-state index is 0.00705. The molecule has 0 aliphatic carbocycles. The Morgan fingerprint density at radius 3 is 2.72 bits per heavy atom. The maximum Gasteiger partial charge on any atom is 0.389 e. The lowest BCUT2D eigenvalue weighted by atomic mass is 10.2. The van der Waals surface area contributed by atoms with E-state index in [1.54, 1.807) is 4.57 Å². The maximum atomic E-state index is 12.1. The monoisotopic (exact) mass is 257 g/mol. The first kappa shape index (κ1) is 12.7. The fourth-order valence-electron chi connectivity index (χ4n) is 1.92. The Hall–Kier alpha value is -1.72. The number of imidazole rings is 1. The van der Waals surface area contributed by atoms with Gasteiger partial charge in [0.15, 0.2) is 0 Å². The largest absolute Gasteiger partial charge is 0.389 e. The number of nitrogens with two attached hydrogens (primary N) is 1. The molecule has 2 aromatic rings. The molecule has 0 atom stereocenters. The van der Waals surface area contributed by atoms with Crippen molar-refractivity contribution in [3.05, 3.63) is 23.8 Å². The van der Waals surface area contributed by atoms with Gasteiger partial charge in [0.2, 0.25) is 5.95 Å². The van der Waals surface area contributed by atoms with Crippen molar-refractivity contribution < 1.29 is 13.2 Å². The van der Waals surface area contributed by atoms with Gasteiger partial charge < -0.3 is 10.3 Å². The molecule has 0 radical (unpaired) electrons. The van der Waals surface area contributed by atoms with Crippen LogP contribution in [0.5, 0.6) is 0 Å². The van der Waals surface area contributed by atoms with Crippen LogP contribution in [0.1, 0.15) is 18.4 Å². The van der Waals surface area contributed by atoms with Crippen molar-refractivity contribution in [1.29, 1.82) is 0 Å². The molecule has 0 bridgehead atoms. The van der Waals surface area contributed by atoms with Gasteiger partial charge >= 0.3 is 6.18 Å². The fourth-order valence-corrected chi connectivity index (χ4v) is 1.92. The van der Waals surface area contributed by atoms with E-state index in [0.717, 1.165) is 11.1 Å². The SMILES string of the molecule is Cc1ccc2nc(N)n(CCCC(F)(F)F)c2c1. The van der Waals surface area contributed by atoms with Gasteiger partial charge in [-0.05, 0) is 31.0 Å². The van der Waals surface area contributed by atoms with Crippen LogP contribution in [0.25, 0.3) is 11.0 Å². The Bertz CT molecular complexity index is 557. The van der Waals surface area contributed by atoms with Gasteiger partial charge in [-0.2, -0.15) is 13.2 Å². The normalized spacial score (nSPS) is 12.2. The molecule has 0 aliphatic rings. The number of halogens is 3. The Morgan fingerprint density at radius 2 is 2.06 bits per heavy atom. The van der Waals surface area contributed by atoms with Gasteiger partial charge in [0.05, 0.1) is 11.0 Å². The molecule has 1 heterocycles. The predicted molar refractivity (Wildman–Crippen MR) is 64.2 cm³/mol. The summed E-state index contributed by atoms with van der Waals surface area (Å²) in [4.78, 5) is 4.13. The van der Waals surface area contributed by atoms with Crippen LogP contribution in [0.15, 0.2) is 18.2 Å². The molecule has 0 amide bonds. The first-order chi connectivity index (χ1) is 8.37. The number of aryl methyl sites for hydroxylation is 2. The molecular weight excluding hydrogens is 243 g/mol. The number of aromatic nitrogens is 2. The number of nitrogen functional groups attached to an aromatic ring is 1. The molecule has 6 heteroatoms. The average Bonchev–Trinajstić information content (AvgIpc) is 2.54. The highest BCUT2D eigenvalue weighted by Gasteiger charge is 2.26. The first-order valence-electron chi connectivity index (χ1n) is 5.66. The molecule has 0 saturated carbocycles. The second kappa shape index (κ2) is 4.51. The van der Waals surface area contributed by atoms with E-state index >= 15 is 0 Å². The number of hydrogen-bond donors (Lipinski definition) is 1. The number of fused-ring (bicyclic) bond motifs is 1. The fraction of sp³-hybridized carbons (Fsp3) is 0.417. The highest BCUT2D eigenvalue weighted by molar-refractivity contribution is 5.79. The molecule has 0 unspecified atom stereocenters. The summed E-state index contributed by atoms with van der Waals surface area (Å²) < 4.78 is 38.0. The van der Waals surface area contributed by atoms with E-state index in [0.29, 0.717) is 5.52 Å². The number of rotatable bonds is 3. The van der Waals surface area contributed by atoms with Crippen LogP contribution in [-0.4, -0.2) is 15.7 Å². The van der Waals surface area contributed by atoms with Gasteiger partial charge in [0, 0.05) is 13.0 Å². The lowest BCUT2D eigenvalue weighted by Crippen LogP contribution is -2.10. The molecule has 0 spiro atoms. The third kappa shape index (κ3) is 2.75. The van der Waals surface area contributed by atoms with E-state index in [1.165, 1.54) is 0 Å². The van der Waals surface area contributed by atoms with Crippen molar-refractivity contribution in [2.24, 2.45) is 0 Å². The van der Waals surface area contributed by atoms with Crippen LogP contribution in [0.3, 0.4) is 0 Å². The van der Waals surface area contributed by atoms with Gasteiger partial charge in [0.25, 0.3) is 0 Å². The van der Waals surface area contributed by atoms with E-state index in [2.05, 4.69) is 4.98 Å². The zero-order valence-corrected chi connectivity index (χ0v) is 9.96. The maximum absolute atomic E-state index is 12.1. The summed E-state index contributed by atoms with van der Waals surface area (Å²) in [5.41, 5.74) is 8.25. The summed E-state index contributed by atoms with van der Waals surface area (Å²) in [6, 6.07) is 5.60. The van der Waals surface area contributed by atoms with Crippen molar-refractivity contribution in [3.63, 3.8) is 0 Å². The summed E-state index contributed by atoms with van der Waals surface area (Å²) in [5, 5.41) is 0. The molecule has 1 aromatic heterocycles. The van der Waals surface area contributed by atoms with Crippen LogP contribution < -0.4 is 5.73 Å². The Labute approximate surface area is 102 Å². The number of benzene rings is 1. The lowest BCUT2D eigenvalue weighted by Gasteiger charge is -2.08. The van der Waals surface area contributed by atoms with Gasteiger partial charge in [-0.3, -0.25) is 0 Å². The van der Waals surface area contributed by atoms with Crippen LogP contribution >= 0.6 is 0 Å². The van der Waals surface area contributed by atoms with Crippen molar-refractivity contribution in [1.82, 2.24) is 9.55 Å². The topological polar surface area (TPSA) is 43.8 Å². The van der Waals surface area contributed by atoms with Crippen molar-refractivity contribution in [3.8, 4) is 0 Å². The average molecular weight is 257 g/mol. The van der Waals surface area contributed by atoms with E-state index in [4.69, 9.17) is 5.73 Å². The lowest BCUT2D eigenvalue weighted by molar-refractivity contribution is -0.135. The highest BCUT2D eigenvalue weighted by atomic mass is 19.4. The van der Waals surface area contributed by atoms with E-state index in [9.17, 15) is 13.2 Å². The number of hydrogen-bond acceptors (Lipinski definition) is 2. The first-order valence-corrected chi connectivity index (χ1v) is 5.66. The van der Waals surface area contributed by atoms with E-state index < -0.39 is 12.6 Å². The quantitative estimate of drug-likeness (QED) is 0.917. The molecule has 0 aliphatic heterocycles. The van der Waals surface area contributed by atoms with Crippen molar-refractivity contribution >= 4 is 17.0 Å². The molecule has 0 fully saturated rings. The van der Waals surface area contributed by atoms with Crippen molar-refractivity contribution in [2.45, 2.75) is 32.5 Å². The van der Waals surface area contributed by atoms with Gasteiger partial charge in [-0.25, -0.2) is 4.98 Å². The summed E-state index contributed by atoms with van der Waals surface area (Å²) in [5.74, 6) is 0.262. The standard InChI is InChI=1S/C12H14F3N3/c1-8-3-4-9-10(7-8)18(11(16)17-9)6-2-5-12(13,14)15/h3-4,7H,2,5-6H2,1H3,(H2,16,17). The smallest absolute Gasteiger partial charge is 0.369 e. The summed E-state index contributed by atoms with van der Waals surface area (Å²) >= 11 is 0.